The third-order valence-corrected chi connectivity index (χ3v) is 4.24. The van der Waals surface area contributed by atoms with Crippen molar-refractivity contribution in [2.45, 2.75) is 16.9 Å². The van der Waals surface area contributed by atoms with E-state index in [2.05, 4.69) is 9.82 Å². The predicted octanol–water partition coefficient (Wildman–Crippen LogP) is -1.06. The summed E-state index contributed by atoms with van der Waals surface area (Å²) >= 11 is 0. The van der Waals surface area contributed by atoms with Crippen LogP contribution in [0.25, 0.3) is 0 Å². The van der Waals surface area contributed by atoms with E-state index >= 15 is 0 Å². The van der Waals surface area contributed by atoms with Crippen LogP contribution in [0.15, 0.2) is 17.3 Å². The van der Waals surface area contributed by atoms with Gasteiger partial charge in [0.1, 0.15) is 4.90 Å². The van der Waals surface area contributed by atoms with Gasteiger partial charge in [-0.2, -0.15) is 9.82 Å². The average Bonchev–Trinajstić information content (AvgIpc) is 2.87. The van der Waals surface area contributed by atoms with E-state index in [1.165, 1.54) is 10.9 Å². The molecule has 0 saturated carbocycles. The molecule has 1 aliphatic rings. The second-order valence-electron chi connectivity index (χ2n) is 4.15. The van der Waals surface area contributed by atoms with Crippen molar-refractivity contribution in [2.24, 2.45) is 7.05 Å². The minimum Gasteiger partial charge on any atom is -0.480 e. The Bertz CT molecular complexity index is 559. The molecule has 1 aliphatic heterocycles. The van der Waals surface area contributed by atoms with E-state index in [1.807, 2.05) is 0 Å². The number of aliphatic carboxylic acids is 1. The van der Waals surface area contributed by atoms with Crippen LogP contribution in [0.2, 0.25) is 0 Å². The lowest BCUT2D eigenvalue weighted by atomic mass is 10.0. The number of hydrogen-bond acceptors (Lipinski definition) is 5. The number of sulfonamides is 1. The maximum atomic E-state index is 12.0. The van der Waals surface area contributed by atoms with E-state index in [0.717, 1.165) is 6.20 Å². The standard InChI is InChI=1S/C9H13N3O5S/c1-12-5-7(4-10-12)18(15,16)11-9(8(13)14)2-3-17-6-9/h4-5,11H,2-3,6H2,1H3,(H,13,14). The van der Waals surface area contributed by atoms with Crippen LogP contribution in [0.5, 0.6) is 0 Å². The summed E-state index contributed by atoms with van der Waals surface area (Å²) in [5.41, 5.74) is -1.59. The molecule has 1 unspecified atom stereocenters. The molecule has 0 bridgehead atoms. The first-order chi connectivity index (χ1) is 8.36. The fourth-order valence-corrected chi connectivity index (χ4v) is 3.07. The highest BCUT2D eigenvalue weighted by Crippen LogP contribution is 2.22. The van der Waals surface area contributed by atoms with Crippen molar-refractivity contribution in [2.75, 3.05) is 13.2 Å². The Morgan fingerprint density at radius 1 is 1.67 bits per heavy atom. The quantitative estimate of drug-likeness (QED) is 0.725. The van der Waals surface area contributed by atoms with Crippen molar-refractivity contribution < 1.29 is 23.1 Å². The smallest absolute Gasteiger partial charge is 0.327 e. The zero-order valence-electron chi connectivity index (χ0n) is 9.66. The SMILES string of the molecule is Cn1cc(S(=O)(=O)NC2(C(=O)O)CCOC2)cn1. The third-order valence-electron chi connectivity index (χ3n) is 2.75. The lowest BCUT2D eigenvalue weighted by Crippen LogP contribution is -2.54. The highest BCUT2D eigenvalue weighted by atomic mass is 32.2. The Hall–Kier alpha value is -1.45. The number of carboxylic acid groups (broad SMARTS) is 1. The van der Waals surface area contributed by atoms with Gasteiger partial charge in [-0.1, -0.05) is 0 Å². The molecule has 1 aromatic rings. The number of carbonyl (C=O) groups is 1. The maximum Gasteiger partial charge on any atom is 0.327 e. The number of carboxylic acids is 1. The first-order valence-electron chi connectivity index (χ1n) is 5.19. The molecule has 0 aromatic carbocycles. The van der Waals surface area contributed by atoms with Crippen molar-refractivity contribution in [3.63, 3.8) is 0 Å². The number of ether oxygens (including phenoxy) is 1. The number of nitrogens with zero attached hydrogens (tertiary/aromatic N) is 2. The van der Waals surface area contributed by atoms with Gasteiger partial charge >= 0.3 is 5.97 Å². The van der Waals surface area contributed by atoms with Crippen molar-refractivity contribution in [3.05, 3.63) is 12.4 Å². The second kappa shape index (κ2) is 4.34. The van der Waals surface area contributed by atoms with Crippen LogP contribution in [0, 0.1) is 0 Å². The highest BCUT2D eigenvalue weighted by molar-refractivity contribution is 7.89. The molecule has 0 amide bonds. The van der Waals surface area contributed by atoms with Gasteiger partial charge in [0.25, 0.3) is 0 Å². The molecule has 9 heteroatoms. The molecule has 18 heavy (non-hydrogen) atoms. The number of rotatable bonds is 4. The first kappa shape index (κ1) is 13.0. The third kappa shape index (κ3) is 2.24. The molecule has 1 fully saturated rings. The van der Waals surface area contributed by atoms with Crippen molar-refractivity contribution in [1.29, 1.82) is 0 Å². The Morgan fingerprint density at radius 3 is 2.83 bits per heavy atom. The van der Waals surface area contributed by atoms with Gasteiger partial charge in [0.05, 0.1) is 12.8 Å². The molecular formula is C9H13N3O5S. The van der Waals surface area contributed by atoms with Gasteiger partial charge in [0, 0.05) is 26.3 Å². The minimum absolute atomic E-state index is 0.0717. The maximum absolute atomic E-state index is 12.0. The van der Waals surface area contributed by atoms with E-state index < -0.39 is 21.5 Å². The molecule has 100 valence electrons. The molecule has 1 atom stereocenters. The largest absolute Gasteiger partial charge is 0.480 e. The summed E-state index contributed by atoms with van der Waals surface area (Å²) in [5, 5.41) is 12.9. The second-order valence-corrected chi connectivity index (χ2v) is 5.83. The molecule has 2 heterocycles. The lowest BCUT2D eigenvalue weighted by Gasteiger charge is -2.22. The van der Waals surface area contributed by atoms with Crippen molar-refractivity contribution >= 4 is 16.0 Å². The van der Waals surface area contributed by atoms with E-state index in [1.54, 1.807) is 7.05 Å². The topological polar surface area (TPSA) is 111 Å². The van der Waals surface area contributed by atoms with Crippen LogP contribution in [-0.2, 0) is 26.6 Å². The highest BCUT2D eigenvalue weighted by Gasteiger charge is 2.46. The molecule has 2 rings (SSSR count). The van der Waals surface area contributed by atoms with Gasteiger partial charge in [-0.05, 0) is 0 Å². The van der Waals surface area contributed by atoms with Crippen LogP contribution in [-0.4, -0.2) is 48.0 Å². The molecule has 0 radical (unpaired) electrons. The summed E-state index contributed by atoms with van der Waals surface area (Å²) < 4.78 is 32.6. The summed E-state index contributed by atoms with van der Waals surface area (Å²) in [4.78, 5) is 11.1. The molecule has 2 N–H and O–H groups in total. The molecule has 1 saturated heterocycles. The molecule has 8 nitrogen and oxygen atoms in total. The van der Waals surface area contributed by atoms with Gasteiger partial charge < -0.3 is 9.84 Å². The summed E-state index contributed by atoms with van der Waals surface area (Å²) in [6.45, 7) is 0.0314. The molecular weight excluding hydrogens is 262 g/mol. The fraction of sp³-hybridized carbons (Fsp3) is 0.556. The van der Waals surface area contributed by atoms with Gasteiger partial charge in [0.15, 0.2) is 5.54 Å². The van der Waals surface area contributed by atoms with Crippen LogP contribution in [0.3, 0.4) is 0 Å². The number of aromatic nitrogens is 2. The van der Waals surface area contributed by atoms with Crippen LogP contribution < -0.4 is 4.72 Å². The molecule has 1 aromatic heterocycles. The normalized spacial score (nSPS) is 24.3. The number of aryl methyl sites for hydroxylation is 1. The Balaban J connectivity index is 2.29. The summed E-state index contributed by atoms with van der Waals surface area (Å²) in [6.07, 6.45) is 2.56. The van der Waals surface area contributed by atoms with E-state index in [9.17, 15) is 13.2 Å². The summed E-state index contributed by atoms with van der Waals surface area (Å²) in [5.74, 6) is -1.24. The number of nitrogens with one attached hydrogen (secondary N) is 1. The monoisotopic (exact) mass is 275 g/mol. The zero-order valence-corrected chi connectivity index (χ0v) is 10.5. The van der Waals surface area contributed by atoms with Crippen LogP contribution >= 0.6 is 0 Å². The van der Waals surface area contributed by atoms with Crippen LogP contribution in [0.4, 0.5) is 0 Å². The van der Waals surface area contributed by atoms with Crippen molar-refractivity contribution in [3.8, 4) is 0 Å². The van der Waals surface area contributed by atoms with E-state index in [4.69, 9.17) is 9.84 Å². The Morgan fingerprint density at radius 2 is 2.39 bits per heavy atom. The fourth-order valence-electron chi connectivity index (χ4n) is 1.71. The first-order valence-corrected chi connectivity index (χ1v) is 6.68. The zero-order chi connectivity index (χ0) is 13.4. The van der Waals surface area contributed by atoms with E-state index in [-0.39, 0.29) is 24.5 Å². The van der Waals surface area contributed by atoms with E-state index in [0.29, 0.717) is 0 Å². The average molecular weight is 275 g/mol. The number of hydrogen-bond donors (Lipinski definition) is 2. The molecule has 0 aliphatic carbocycles. The van der Waals surface area contributed by atoms with Crippen LogP contribution in [0.1, 0.15) is 6.42 Å². The predicted molar refractivity (Wildman–Crippen MR) is 59.3 cm³/mol. The van der Waals surface area contributed by atoms with Gasteiger partial charge in [-0.15, -0.1) is 0 Å². The van der Waals surface area contributed by atoms with Gasteiger partial charge in [-0.25, -0.2) is 8.42 Å². The van der Waals surface area contributed by atoms with Crippen molar-refractivity contribution in [1.82, 2.24) is 14.5 Å². The summed E-state index contributed by atoms with van der Waals surface area (Å²) in [6, 6.07) is 0. The lowest BCUT2D eigenvalue weighted by molar-refractivity contribution is -0.144. The minimum atomic E-state index is -3.92. The Labute approximate surface area is 104 Å². The molecule has 0 spiro atoms. The summed E-state index contributed by atoms with van der Waals surface area (Å²) in [7, 11) is -2.35. The van der Waals surface area contributed by atoms with Gasteiger partial charge in [0.2, 0.25) is 10.0 Å². The Kier molecular flexibility index (Phi) is 3.13. The van der Waals surface area contributed by atoms with Gasteiger partial charge in [-0.3, -0.25) is 9.48 Å².